The molecule has 0 saturated carbocycles. The number of unbranched alkanes of at least 4 members (excludes halogenated alkanes) is 2. The highest BCUT2D eigenvalue weighted by molar-refractivity contribution is 5.77. The third kappa shape index (κ3) is 5.58. The summed E-state index contributed by atoms with van der Waals surface area (Å²) >= 11 is 0. The van der Waals surface area contributed by atoms with Gasteiger partial charge in [-0.3, -0.25) is 0 Å². The predicted molar refractivity (Wildman–Crippen MR) is 107 cm³/mol. The summed E-state index contributed by atoms with van der Waals surface area (Å²) in [5, 5.41) is 1.22. The number of rotatable bonds is 11. The van der Waals surface area contributed by atoms with Crippen molar-refractivity contribution in [2.75, 3.05) is 46.8 Å². The average molecular weight is 347 g/mol. The topological polar surface area (TPSA) is 13.1 Å². The molecule has 1 aromatic heterocycles. The molecule has 140 valence electrons. The highest BCUT2D eigenvalue weighted by atomic mass is 16.3. The number of furan rings is 1. The van der Waals surface area contributed by atoms with Crippen molar-refractivity contribution in [3.05, 3.63) is 36.1 Å². The van der Waals surface area contributed by atoms with Crippen molar-refractivity contribution >= 4 is 11.0 Å². The zero-order valence-electron chi connectivity index (χ0n) is 17.1. The van der Waals surface area contributed by atoms with Crippen molar-refractivity contribution < 1.29 is 13.4 Å². The summed E-state index contributed by atoms with van der Waals surface area (Å²) in [5.74, 6) is 1.13. The van der Waals surface area contributed by atoms with Crippen LogP contribution in [0.1, 0.15) is 45.8 Å². The van der Waals surface area contributed by atoms with E-state index in [9.17, 15) is 0 Å². The Balaban J connectivity index is 1.91. The van der Waals surface area contributed by atoms with E-state index in [1.165, 1.54) is 57.4 Å². The molecule has 0 amide bonds. The first kappa shape index (κ1) is 20.0. The van der Waals surface area contributed by atoms with Gasteiger partial charge in [-0.15, -0.1) is 0 Å². The first-order valence-electron chi connectivity index (χ1n) is 10.1. The third-order valence-corrected chi connectivity index (χ3v) is 6.06. The Labute approximate surface area is 154 Å². The van der Waals surface area contributed by atoms with Gasteiger partial charge >= 0.3 is 0 Å². The highest BCUT2D eigenvalue weighted by Gasteiger charge is 2.25. The summed E-state index contributed by atoms with van der Waals surface area (Å²) in [7, 11) is 4.67. The van der Waals surface area contributed by atoms with Crippen molar-refractivity contribution in [3.8, 4) is 0 Å². The lowest BCUT2D eigenvalue weighted by Crippen LogP contribution is -2.47. The van der Waals surface area contributed by atoms with E-state index in [1.807, 2.05) is 6.07 Å². The lowest BCUT2D eigenvalue weighted by Gasteiger charge is -2.36. The van der Waals surface area contributed by atoms with E-state index in [0.717, 1.165) is 26.9 Å². The second kappa shape index (κ2) is 8.86. The van der Waals surface area contributed by atoms with Gasteiger partial charge < -0.3 is 13.4 Å². The molecule has 25 heavy (non-hydrogen) atoms. The molecule has 2 rings (SSSR count). The standard InChI is InChI=1S/C22H38N2O/c1-6-23(4,5)16-12-9-13-17-24(7-2,8-3)19-21-18-20-14-10-11-15-22(20)25-21/h10-11,14-15,18H,6-9,12-13,16-17,19H2,1-5H3/q+2. The molecule has 3 nitrogen and oxygen atoms in total. The van der Waals surface area contributed by atoms with Gasteiger partial charge in [-0.25, -0.2) is 0 Å². The van der Waals surface area contributed by atoms with Crippen molar-refractivity contribution in [3.63, 3.8) is 0 Å². The van der Waals surface area contributed by atoms with Crippen LogP contribution < -0.4 is 0 Å². The van der Waals surface area contributed by atoms with Gasteiger partial charge in [0.15, 0.2) is 5.76 Å². The quantitative estimate of drug-likeness (QED) is 0.410. The number of nitrogens with zero attached hydrogens (tertiary/aromatic N) is 2. The maximum absolute atomic E-state index is 6.10. The molecule has 1 aromatic carbocycles. The van der Waals surface area contributed by atoms with Crippen molar-refractivity contribution in [1.29, 1.82) is 0 Å². The van der Waals surface area contributed by atoms with Crippen LogP contribution in [0.15, 0.2) is 34.7 Å². The molecule has 0 aliphatic rings. The van der Waals surface area contributed by atoms with Gasteiger partial charge in [-0.2, -0.15) is 0 Å². The first-order chi connectivity index (χ1) is 11.9. The summed E-state index contributed by atoms with van der Waals surface area (Å²) < 4.78 is 8.37. The van der Waals surface area contributed by atoms with Crippen LogP contribution >= 0.6 is 0 Å². The first-order valence-corrected chi connectivity index (χ1v) is 10.1. The fourth-order valence-electron chi connectivity index (χ4n) is 3.61. The summed E-state index contributed by atoms with van der Waals surface area (Å²) in [6.07, 6.45) is 3.98. The molecule has 2 aromatic rings. The molecule has 0 spiro atoms. The molecule has 0 bridgehead atoms. The number of fused-ring (bicyclic) bond motifs is 1. The summed E-state index contributed by atoms with van der Waals surface area (Å²) in [6, 6.07) is 10.6. The monoisotopic (exact) mass is 346 g/mol. The maximum Gasteiger partial charge on any atom is 0.159 e. The molecule has 0 radical (unpaired) electrons. The fraction of sp³-hybridized carbons (Fsp3) is 0.636. The van der Waals surface area contributed by atoms with Crippen LogP contribution in [0.5, 0.6) is 0 Å². The lowest BCUT2D eigenvalue weighted by molar-refractivity contribution is -0.938. The number of para-hydroxylation sites is 1. The molecule has 0 fully saturated rings. The van der Waals surface area contributed by atoms with E-state index < -0.39 is 0 Å². The summed E-state index contributed by atoms with van der Waals surface area (Å²) in [6.45, 7) is 14.0. The number of benzene rings is 1. The van der Waals surface area contributed by atoms with Crippen LogP contribution in [0.25, 0.3) is 11.0 Å². The Morgan fingerprint density at radius 3 is 2.16 bits per heavy atom. The van der Waals surface area contributed by atoms with Crippen LogP contribution in [0.2, 0.25) is 0 Å². The zero-order chi connectivity index (χ0) is 18.3. The van der Waals surface area contributed by atoms with Crippen LogP contribution in [-0.2, 0) is 6.54 Å². The van der Waals surface area contributed by atoms with Crippen molar-refractivity contribution in [1.82, 2.24) is 0 Å². The molecule has 0 atom stereocenters. The molecule has 3 heteroatoms. The Bertz CT molecular complexity index is 607. The minimum absolute atomic E-state index is 1.01. The molecule has 0 aliphatic carbocycles. The van der Waals surface area contributed by atoms with Gasteiger partial charge in [0.25, 0.3) is 0 Å². The van der Waals surface area contributed by atoms with Crippen molar-refractivity contribution in [2.45, 2.75) is 46.6 Å². The van der Waals surface area contributed by atoms with Gasteiger partial charge in [0.1, 0.15) is 12.1 Å². The van der Waals surface area contributed by atoms with Gasteiger partial charge in [-0.1, -0.05) is 18.2 Å². The third-order valence-electron chi connectivity index (χ3n) is 6.06. The molecule has 0 unspecified atom stereocenters. The minimum atomic E-state index is 1.01. The molecule has 1 heterocycles. The van der Waals surface area contributed by atoms with Crippen LogP contribution in [0.4, 0.5) is 0 Å². The molecule has 0 saturated heterocycles. The zero-order valence-corrected chi connectivity index (χ0v) is 17.1. The maximum atomic E-state index is 6.10. The number of hydrogen-bond donors (Lipinski definition) is 0. The van der Waals surface area contributed by atoms with E-state index in [4.69, 9.17) is 4.42 Å². The fourth-order valence-corrected chi connectivity index (χ4v) is 3.61. The Hall–Kier alpha value is -1.32. The highest BCUT2D eigenvalue weighted by Crippen LogP contribution is 2.23. The largest absolute Gasteiger partial charge is 0.455 e. The summed E-state index contributed by atoms with van der Waals surface area (Å²) in [4.78, 5) is 0. The van der Waals surface area contributed by atoms with E-state index in [1.54, 1.807) is 0 Å². The van der Waals surface area contributed by atoms with E-state index in [0.29, 0.717) is 0 Å². The van der Waals surface area contributed by atoms with E-state index in [2.05, 4.69) is 59.1 Å². The molecule has 0 aliphatic heterocycles. The predicted octanol–water partition coefficient (Wildman–Crippen LogP) is 5.06. The smallest absolute Gasteiger partial charge is 0.159 e. The Kier molecular flexibility index (Phi) is 7.09. The lowest BCUT2D eigenvalue weighted by atomic mass is 10.1. The van der Waals surface area contributed by atoms with Crippen LogP contribution in [0, 0.1) is 0 Å². The van der Waals surface area contributed by atoms with Crippen LogP contribution in [-0.4, -0.2) is 55.8 Å². The second-order valence-electron chi connectivity index (χ2n) is 8.14. The normalized spacial score (nSPS) is 12.8. The van der Waals surface area contributed by atoms with Gasteiger partial charge in [0.05, 0.1) is 46.8 Å². The van der Waals surface area contributed by atoms with Gasteiger partial charge in [0.2, 0.25) is 0 Å². The van der Waals surface area contributed by atoms with Gasteiger partial charge in [0, 0.05) is 5.39 Å². The van der Waals surface area contributed by atoms with Gasteiger partial charge in [-0.05, 0) is 52.2 Å². The molecule has 0 N–H and O–H groups in total. The van der Waals surface area contributed by atoms with Crippen molar-refractivity contribution in [2.24, 2.45) is 0 Å². The number of hydrogen-bond acceptors (Lipinski definition) is 1. The number of quaternary nitrogens is 2. The molecular weight excluding hydrogens is 308 g/mol. The molecular formula is C22H38N2O+2. The average Bonchev–Trinajstić information content (AvgIpc) is 3.02. The Morgan fingerprint density at radius 1 is 0.840 bits per heavy atom. The minimum Gasteiger partial charge on any atom is -0.455 e. The SMILES string of the molecule is CC[N+](C)(C)CCCCC[N+](CC)(CC)Cc1cc2ccccc2o1. The second-order valence-corrected chi connectivity index (χ2v) is 8.14. The van der Waals surface area contributed by atoms with E-state index in [-0.39, 0.29) is 0 Å². The van der Waals surface area contributed by atoms with Crippen LogP contribution in [0.3, 0.4) is 0 Å². The summed E-state index contributed by atoms with van der Waals surface area (Å²) in [5.41, 5.74) is 1.02. The Morgan fingerprint density at radius 2 is 1.52 bits per heavy atom. The van der Waals surface area contributed by atoms with E-state index >= 15 is 0 Å².